The Morgan fingerprint density at radius 2 is 1.38 bits per heavy atom. The Kier molecular flexibility index (Phi) is 4.92. The number of piperazine rings is 1. The van der Waals surface area contributed by atoms with Crippen LogP contribution in [-0.2, 0) is 13.1 Å². The molecular formula is C23H24N6. The summed E-state index contributed by atoms with van der Waals surface area (Å²) in [5.41, 5.74) is 3.48. The molecule has 0 unspecified atom stereocenters. The number of hydrogen-bond acceptors (Lipinski definition) is 5. The van der Waals surface area contributed by atoms with Gasteiger partial charge in [0.15, 0.2) is 5.65 Å². The topological polar surface area (TPSA) is 50.1 Å². The fraction of sp³-hybridized carbons (Fsp3) is 0.261. The highest BCUT2D eigenvalue weighted by Crippen LogP contribution is 2.24. The number of rotatable bonds is 5. The van der Waals surface area contributed by atoms with E-state index in [0.717, 1.165) is 49.6 Å². The van der Waals surface area contributed by atoms with Crippen molar-refractivity contribution >= 4 is 16.9 Å². The minimum Gasteiger partial charge on any atom is -0.353 e. The van der Waals surface area contributed by atoms with Crippen molar-refractivity contribution < 1.29 is 0 Å². The molecule has 6 nitrogen and oxygen atoms in total. The van der Waals surface area contributed by atoms with Crippen molar-refractivity contribution in [1.82, 2.24) is 24.6 Å². The SMILES string of the molecule is c1ccc(CN2CCN(c3ncnc4c3cnn4Cc3ccccc3)CC2)cc1. The van der Waals surface area contributed by atoms with E-state index in [9.17, 15) is 0 Å². The second kappa shape index (κ2) is 8.01. The minimum absolute atomic E-state index is 0.714. The highest BCUT2D eigenvalue weighted by Gasteiger charge is 2.21. The van der Waals surface area contributed by atoms with E-state index >= 15 is 0 Å². The standard InChI is InChI=1S/C23H24N6/c1-3-7-19(8-4-1)16-27-11-13-28(14-12-27)22-21-15-26-29(23(21)25-18-24-22)17-20-9-5-2-6-10-20/h1-10,15,18H,11-14,16-17H2. The Morgan fingerprint density at radius 3 is 2.07 bits per heavy atom. The lowest BCUT2D eigenvalue weighted by molar-refractivity contribution is 0.249. The molecule has 3 heterocycles. The maximum atomic E-state index is 4.60. The van der Waals surface area contributed by atoms with Crippen LogP contribution in [0.5, 0.6) is 0 Å². The van der Waals surface area contributed by atoms with Gasteiger partial charge >= 0.3 is 0 Å². The minimum atomic E-state index is 0.714. The maximum absolute atomic E-state index is 4.60. The average Bonchev–Trinajstić information content (AvgIpc) is 3.19. The van der Waals surface area contributed by atoms with E-state index in [2.05, 4.69) is 79.5 Å². The summed E-state index contributed by atoms with van der Waals surface area (Å²) in [5.74, 6) is 0.994. The number of nitrogens with zero attached hydrogens (tertiary/aromatic N) is 6. The van der Waals surface area contributed by atoms with Gasteiger partial charge in [-0.05, 0) is 11.1 Å². The van der Waals surface area contributed by atoms with Gasteiger partial charge in [-0.2, -0.15) is 5.10 Å². The molecule has 0 N–H and O–H groups in total. The highest BCUT2D eigenvalue weighted by atomic mass is 15.3. The van der Waals surface area contributed by atoms with Gasteiger partial charge in [0.2, 0.25) is 0 Å². The van der Waals surface area contributed by atoms with Gasteiger partial charge in [-0.3, -0.25) is 4.90 Å². The van der Waals surface area contributed by atoms with Crippen LogP contribution in [0.25, 0.3) is 11.0 Å². The monoisotopic (exact) mass is 384 g/mol. The summed E-state index contributed by atoms with van der Waals surface area (Å²) in [6.07, 6.45) is 3.57. The van der Waals surface area contributed by atoms with Crippen LogP contribution >= 0.6 is 0 Å². The van der Waals surface area contributed by atoms with Crippen molar-refractivity contribution in [2.45, 2.75) is 13.1 Å². The van der Waals surface area contributed by atoms with Gasteiger partial charge in [-0.15, -0.1) is 0 Å². The zero-order valence-electron chi connectivity index (χ0n) is 16.4. The Bertz CT molecular complexity index is 1070. The van der Waals surface area contributed by atoms with Crippen LogP contribution in [0.4, 0.5) is 5.82 Å². The Labute approximate surface area is 170 Å². The lowest BCUT2D eigenvalue weighted by atomic mass is 10.2. The average molecular weight is 384 g/mol. The van der Waals surface area contributed by atoms with Gasteiger partial charge in [0, 0.05) is 32.7 Å². The molecule has 0 radical (unpaired) electrons. The summed E-state index contributed by atoms with van der Waals surface area (Å²) < 4.78 is 1.96. The highest BCUT2D eigenvalue weighted by molar-refractivity contribution is 5.86. The molecule has 5 rings (SSSR count). The number of hydrogen-bond donors (Lipinski definition) is 0. The molecule has 2 aromatic heterocycles. The molecule has 0 bridgehead atoms. The summed E-state index contributed by atoms with van der Waals surface area (Å²) in [4.78, 5) is 14.0. The molecular weight excluding hydrogens is 360 g/mol. The summed E-state index contributed by atoms with van der Waals surface area (Å²) in [5, 5.41) is 5.62. The molecule has 4 aromatic rings. The van der Waals surface area contributed by atoms with E-state index < -0.39 is 0 Å². The Hall–Kier alpha value is -3.25. The van der Waals surface area contributed by atoms with Gasteiger partial charge in [-0.1, -0.05) is 60.7 Å². The number of anilines is 1. The molecule has 1 saturated heterocycles. The van der Waals surface area contributed by atoms with Crippen molar-refractivity contribution in [2.24, 2.45) is 0 Å². The third-order valence-electron chi connectivity index (χ3n) is 5.51. The van der Waals surface area contributed by atoms with Crippen LogP contribution in [0, 0.1) is 0 Å². The van der Waals surface area contributed by atoms with Crippen molar-refractivity contribution in [1.29, 1.82) is 0 Å². The van der Waals surface area contributed by atoms with Crippen molar-refractivity contribution in [3.8, 4) is 0 Å². The molecule has 1 aliphatic heterocycles. The molecule has 0 aliphatic carbocycles. The second-order valence-electron chi connectivity index (χ2n) is 7.47. The molecule has 1 aliphatic rings. The normalized spacial score (nSPS) is 15.1. The largest absolute Gasteiger partial charge is 0.353 e. The van der Waals surface area contributed by atoms with E-state index in [4.69, 9.17) is 0 Å². The summed E-state index contributed by atoms with van der Waals surface area (Å²) in [7, 11) is 0. The van der Waals surface area contributed by atoms with Gasteiger partial charge < -0.3 is 4.90 Å². The second-order valence-corrected chi connectivity index (χ2v) is 7.47. The maximum Gasteiger partial charge on any atom is 0.163 e. The third kappa shape index (κ3) is 3.84. The quantitative estimate of drug-likeness (QED) is 0.529. The molecule has 0 amide bonds. The predicted molar refractivity (Wildman–Crippen MR) is 115 cm³/mol. The van der Waals surface area contributed by atoms with Crippen LogP contribution in [0.2, 0.25) is 0 Å². The summed E-state index contributed by atoms with van der Waals surface area (Å²) in [6, 6.07) is 21.0. The van der Waals surface area contributed by atoms with Crippen molar-refractivity contribution in [3.63, 3.8) is 0 Å². The van der Waals surface area contributed by atoms with E-state index in [1.54, 1.807) is 6.33 Å². The first-order valence-electron chi connectivity index (χ1n) is 10.1. The molecule has 0 spiro atoms. The fourth-order valence-electron chi connectivity index (χ4n) is 3.96. The molecule has 29 heavy (non-hydrogen) atoms. The smallest absolute Gasteiger partial charge is 0.163 e. The number of benzene rings is 2. The molecule has 1 fully saturated rings. The van der Waals surface area contributed by atoms with Crippen LogP contribution in [0.15, 0.2) is 73.2 Å². The predicted octanol–water partition coefficient (Wildman–Crippen LogP) is 3.20. The molecule has 2 aromatic carbocycles. The zero-order chi connectivity index (χ0) is 19.5. The van der Waals surface area contributed by atoms with Crippen LogP contribution < -0.4 is 4.90 Å². The van der Waals surface area contributed by atoms with Crippen molar-refractivity contribution in [2.75, 3.05) is 31.1 Å². The lowest BCUT2D eigenvalue weighted by Gasteiger charge is -2.35. The van der Waals surface area contributed by atoms with Crippen LogP contribution in [-0.4, -0.2) is 50.8 Å². The number of fused-ring (bicyclic) bond motifs is 1. The van der Waals surface area contributed by atoms with Gasteiger partial charge in [0.05, 0.1) is 18.1 Å². The molecule has 0 atom stereocenters. The molecule has 6 heteroatoms. The number of aromatic nitrogens is 4. The first-order chi connectivity index (χ1) is 14.4. The van der Waals surface area contributed by atoms with Gasteiger partial charge in [0.25, 0.3) is 0 Å². The van der Waals surface area contributed by atoms with Crippen molar-refractivity contribution in [3.05, 3.63) is 84.3 Å². The first kappa shape index (κ1) is 17.8. The summed E-state index contributed by atoms with van der Waals surface area (Å²) >= 11 is 0. The van der Waals surface area contributed by atoms with E-state index in [1.165, 1.54) is 11.1 Å². The third-order valence-corrected chi connectivity index (χ3v) is 5.51. The molecule has 146 valence electrons. The van der Waals surface area contributed by atoms with E-state index in [1.807, 2.05) is 16.9 Å². The van der Waals surface area contributed by atoms with Gasteiger partial charge in [0.1, 0.15) is 12.1 Å². The Balaban J connectivity index is 1.31. The van der Waals surface area contributed by atoms with E-state index in [0.29, 0.717) is 6.54 Å². The van der Waals surface area contributed by atoms with Crippen LogP contribution in [0.3, 0.4) is 0 Å². The molecule has 0 saturated carbocycles. The van der Waals surface area contributed by atoms with E-state index in [-0.39, 0.29) is 0 Å². The lowest BCUT2D eigenvalue weighted by Crippen LogP contribution is -2.46. The zero-order valence-corrected chi connectivity index (χ0v) is 16.4. The van der Waals surface area contributed by atoms with Gasteiger partial charge in [-0.25, -0.2) is 14.6 Å². The first-order valence-corrected chi connectivity index (χ1v) is 10.1. The summed E-state index contributed by atoms with van der Waals surface area (Å²) in [6.45, 7) is 5.69. The van der Waals surface area contributed by atoms with Crippen LogP contribution in [0.1, 0.15) is 11.1 Å². The fourth-order valence-corrected chi connectivity index (χ4v) is 3.96. The Morgan fingerprint density at radius 1 is 0.724 bits per heavy atom.